The highest BCUT2D eigenvalue weighted by Crippen LogP contribution is 2.22. The Balaban J connectivity index is 1.88. The van der Waals surface area contributed by atoms with Crippen LogP contribution in [-0.2, 0) is 19.0 Å². The first kappa shape index (κ1) is 14.4. The van der Waals surface area contributed by atoms with Crippen molar-refractivity contribution in [3.8, 4) is 0 Å². The normalized spacial score (nSPS) is 42.4. The molecule has 1 fully saturated rings. The molecule has 0 aromatic rings. The number of rotatable bonds is 4. The Morgan fingerprint density at radius 2 is 1.95 bits per heavy atom. The molecule has 0 unspecified atom stereocenters. The summed E-state index contributed by atoms with van der Waals surface area (Å²) in [5.41, 5.74) is 0. The van der Waals surface area contributed by atoms with Gasteiger partial charge in [-0.05, 0) is 6.08 Å². The van der Waals surface area contributed by atoms with Gasteiger partial charge in [0.05, 0.1) is 13.2 Å². The standard InChI is InChI=1S/C11H16O8/c12-3-6-8(14)9(15)10(16)11(19-6)17-4-5-1-2-7(13)18-5/h1-2,5-6,8-12,14-16H,3-4H2/t5-,6-,8+,9+,10+,11-/m0/s1. The molecular weight excluding hydrogens is 260 g/mol. The SMILES string of the molecule is O=C1C=C[C@@H](CO[C@H]2O[C@@H](CO)[C@@H](O)[C@@H](O)[C@H]2O)O1. The van der Waals surface area contributed by atoms with Gasteiger partial charge in [0.2, 0.25) is 0 Å². The van der Waals surface area contributed by atoms with Crippen molar-refractivity contribution in [2.45, 2.75) is 36.8 Å². The van der Waals surface area contributed by atoms with E-state index in [9.17, 15) is 20.1 Å². The van der Waals surface area contributed by atoms with Crippen molar-refractivity contribution in [3.05, 3.63) is 12.2 Å². The summed E-state index contributed by atoms with van der Waals surface area (Å²) in [4.78, 5) is 10.8. The molecule has 0 saturated carbocycles. The van der Waals surface area contributed by atoms with Crippen LogP contribution in [0.1, 0.15) is 0 Å². The average molecular weight is 276 g/mol. The number of esters is 1. The molecule has 2 aliphatic heterocycles. The summed E-state index contributed by atoms with van der Waals surface area (Å²) in [7, 11) is 0. The van der Waals surface area contributed by atoms with Gasteiger partial charge in [-0.3, -0.25) is 0 Å². The largest absolute Gasteiger partial charge is 0.452 e. The van der Waals surface area contributed by atoms with Gasteiger partial charge < -0.3 is 34.6 Å². The summed E-state index contributed by atoms with van der Waals surface area (Å²) in [6.45, 7) is -0.589. The fourth-order valence-electron chi connectivity index (χ4n) is 1.90. The summed E-state index contributed by atoms with van der Waals surface area (Å²) in [5, 5.41) is 37.8. The molecule has 0 amide bonds. The van der Waals surface area contributed by atoms with Gasteiger partial charge in [0.1, 0.15) is 30.5 Å². The number of cyclic esters (lactones) is 1. The first-order valence-corrected chi connectivity index (χ1v) is 5.84. The van der Waals surface area contributed by atoms with Crippen LogP contribution in [0.5, 0.6) is 0 Å². The molecule has 0 aromatic heterocycles. The maximum atomic E-state index is 10.8. The van der Waals surface area contributed by atoms with Gasteiger partial charge in [-0.1, -0.05) is 0 Å². The molecule has 6 atom stereocenters. The summed E-state index contributed by atoms with van der Waals surface area (Å²) < 4.78 is 15.1. The van der Waals surface area contributed by atoms with Crippen molar-refractivity contribution < 1.29 is 39.4 Å². The molecule has 1 saturated heterocycles. The number of ether oxygens (including phenoxy) is 3. The van der Waals surface area contributed by atoms with Crippen molar-refractivity contribution in [1.29, 1.82) is 0 Å². The second-order valence-corrected chi connectivity index (χ2v) is 4.37. The number of aliphatic hydroxyl groups excluding tert-OH is 4. The van der Waals surface area contributed by atoms with E-state index in [2.05, 4.69) is 0 Å². The monoisotopic (exact) mass is 276 g/mol. The van der Waals surface area contributed by atoms with E-state index in [1.165, 1.54) is 12.2 Å². The fourth-order valence-corrected chi connectivity index (χ4v) is 1.90. The summed E-state index contributed by atoms with van der Waals surface area (Å²) in [5.74, 6) is -0.484. The molecular formula is C11H16O8. The van der Waals surface area contributed by atoms with Crippen LogP contribution in [-0.4, -0.2) is 76.4 Å². The zero-order chi connectivity index (χ0) is 14.0. The lowest BCUT2D eigenvalue weighted by Crippen LogP contribution is -2.59. The Kier molecular flexibility index (Phi) is 4.50. The summed E-state index contributed by atoms with van der Waals surface area (Å²) in [6, 6.07) is 0. The highest BCUT2D eigenvalue weighted by atomic mass is 16.7. The zero-order valence-corrected chi connectivity index (χ0v) is 9.95. The predicted octanol–water partition coefficient (Wildman–Crippen LogP) is -2.72. The lowest BCUT2D eigenvalue weighted by molar-refractivity contribution is -0.303. The molecule has 0 radical (unpaired) electrons. The van der Waals surface area contributed by atoms with Gasteiger partial charge >= 0.3 is 5.97 Å². The third kappa shape index (κ3) is 3.11. The molecule has 2 heterocycles. The maximum absolute atomic E-state index is 10.8. The number of hydrogen-bond acceptors (Lipinski definition) is 8. The smallest absolute Gasteiger partial charge is 0.331 e. The van der Waals surface area contributed by atoms with Crippen LogP contribution < -0.4 is 0 Å². The molecule has 0 bridgehead atoms. The molecule has 108 valence electrons. The minimum absolute atomic E-state index is 0.0646. The molecule has 0 aliphatic carbocycles. The van der Waals surface area contributed by atoms with Crippen LogP contribution in [0.15, 0.2) is 12.2 Å². The van der Waals surface area contributed by atoms with Crippen molar-refractivity contribution in [1.82, 2.24) is 0 Å². The van der Waals surface area contributed by atoms with Gasteiger partial charge in [-0.15, -0.1) is 0 Å². The maximum Gasteiger partial charge on any atom is 0.331 e. The number of carbonyl (C=O) groups is 1. The fraction of sp³-hybridized carbons (Fsp3) is 0.727. The Morgan fingerprint density at radius 1 is 1.21 bits per heavy atom. The van der Waals surface area contributed by atoms with E-state index in [-0.39, 0.29) is 6.61 Å². The van der Waals surface area contributed by atoms with E-state index < -0.39 is 49.4 Å². The average Bonchev–Trinajstić information content (AvgIpc) is 2.81. The van der Waals surface area contributed by atoms with E-state index in [0.717, 1.165) is 0 Å². The van der Waals surface area contributed by atoms with Gasteiger partial charge in [0.25, 0.3) is 0 Å². The number of aliphatic hydroxyl groups is 4. The van der Waals surface area contributed by atoms with Crippen LogP contribution in [0.3, 0.4) is 0 Å². The zero-order valence-electron chi connectivity index (χ0n) is 9.95. The van der Waals surface area contributed by atoms with Crippen LogP contribution in [0.25, 0.3) is 0 Å². The topological polar surface area (TPSA) is 126 Å². The minimum Gasteiger partial charge on any atom is -0.452 e. The lowest BCUT2D eigenvalue weighted by Gasteiger charge is -2.39. The third-order valence-electron chi connectivity index (χ3n) is 2.99. The molecule has 8 nitrogen and oxygen atoms in total. The van der Waals surface area contributed by atoms with Crippen molar-refractivity contribution in [2.24, 2.45) is 0 Å². The highest BCUT2D eigenvalue weighted by Gasteiger charge is 2.44. The van der Waals surface area contributed by atoms with Gasteiger partial charge in [-0.25, -0.2) is 4.79 Å². The third-order valence-corrected chi connectivity index (χ3v) is 2.99. The molecule has 2 rings (SSSR count). The van der Waals surface area contributed by atoms with E-state index in [0.29, 0.717) is 0 Å². The van der Waals surface area contributed by atoms with E-state index in [1.54, 1.807) is 0 Å². The van der Waals surface area contributed by atoms with E-state index >= 15 is 0 Å². The molecule has 8 heteroatoms. The number of carbonyl (C=O) groups excluding carboxylic acids is 1. The summed E-state index contributed by atoms with van der Waals surface area (Å²) in [6.07, 6.45) is -4.46. The summed E-state index contributed by atoms with van der Waals surface area (Å²) >= 11 is 0. The van der Waals surface area contributed by atoms with Gasteiger partial charge in [0.15, 0.2) is 6.29 Å². The quantitative estimate of drug-likeness (QED) is 0.408. The Hall–Kier alpha value is -1.03. The Bertz CT molecular complexity index is 355. The Morgan fingerprint density at radius 3 is 2.53 bits per heavy atom. The first-order chi connectivity index (χ1) is 9.02. The highest BCUT2D eigenvalue weighted by molar-refractivity contribution is 5.84. The van der Waals surface area contributed by atoms with Crippen LogP contribution in [0.2, 0.25) is 0 Å². The second-order valence-electron chi connectivity index (χ2n) is 4.37. The van der Waals surface area contributed by atoms with E-state index in [4.69, 9.17) is 19.3 Å². The predicted molar refractivity (Wildman–Crippen MR) is 58.7 cm³/mol. The van der Waals surface area contributed by atoms with Crippen LogP contribution in [0, 0.1) is 0 Å². The number of hydrogen-bond donors (Lipinski definition) is 4. The molecule has 0 spiro atoms. The van der Waals surface area contributed by atoms with E-state index in [1.807, 2.05) is 0 Å². The van der Waals surface area contributed by atoms with Crippen molar-refractivity contribution in [3.63, 3.8) is 0 Å². The molecule has 4 N–H and O–H groups in total. The second kappa shape index (κ2) is 5.95. The first-order valence-electron chi connectivity index (χ1n) is 5.84. The molecule has 2 aliphatic rings. The van der Waals surface area contributed by atoms with Gasteiger partial charge in [0, 0.05) is 6.08 Å². The Labute approximate surface area is 108 Å². The van der Waals surface area contributed by atoms with Gasteiger partial charge in [-0.2, -0.15) is 0 Å². The molecule has 19 heavy (non-hydrogen) atoms. The van der Waals surface area contributed by atoms with Crippen LogP contribution >= 0.6 is 0 Å². The van der Waals surface area contributed by atoms with Crippen molar-refractivity contribution >= 4 is 5.97 Å². The minimum atomic E-state index is -1.49. The lowest BCUT2D eigenvalue weighted by atomic mass is 9.99. The van der Waals surface area contributed by atoms with Crippen LogP contribution in [0.4, 0.5) is 0 Å². The van der Waals surface area contributed by atoms with Crippen molar-refractivity contribution in [2.75, 3.05) is 13.2 Å². The molecule has 0 aromatic carbocycles.